The van der Waals surface area contributed by atoms with Gasteiger partial charge in [-0.1, -0.05) is 23.8 Å². The van der Waals surface area contributed by atoms with Crippen LogP contribution in [-0.2, 0) is 6.42 Å². The van der Waals surface area contributed by atoms with Crippen molar-refractivity contribution in [2.24, 2.45) is 0 Å². The van der Waals surface area contributed by atoms with E-state index < -0.39 is 11.4 Å². The van der Waals surface area contributed by atoms with E-state index >= 15 is 0 Å². The Bertz CT molecular complexity index is 1050. The maximum absolute atomic E-state index is 12.8. The molecule has 2 aliphatic rings. The van der Waals surface area contributed by atoms with Crippen LogP contribution in [-0.4, -0.2) is 53.3 Å². The number of aromatic nitrogens is 1. The molecule has 0 aliphatic carbocycles. The van der Waals surface area contributed by atoms with Gasteiger partial charge in [0.2, 0.25) is 5.43 Å². The van der Waals surface area contributed by atoms with E-state index in [1.807, 2.05) is 11.5 Å². The van der Waals surface area contributed by atoms with Crippen LogP contribution in [0.5, 0.6) is 0 Å². The minimum Gasteiger partial charge on any atom is -0.477 e. The van der Waals surface area contributed by atoms with Gasteiger partial charge in [-0.05, 0) is 32.8 Å². The number of carbonyl (C=O) groups is 1. The highest BCUT2D eigenvalue weighted by atomic mass is 35.5. The standard InChI is InChI=1S/C22H26ClN3O3/c1-3-4-7-24-8-10-25(11-9-24)20-15-6-5-14(2)26-13-17(22(28)29)21(27)16(19(15)26)12-18(20)23/h3-4,12-14H,5-11H2,1-2H3,(H,28,29)/b4-3+. The lowest BCUT2D eigenvalue weighted by Gasteiger charge is -2.38. The Morgan fingerprint density at radius 3 is 2.69 bits per heavy atom. The third-order valence-corrected chi connectivity index (χ3v) is 6.43. The molecule has 1 unspecified atom stereocenters. The third-order valence-electron chi connectivity index (χ3n) is 6.14. The van der Waals surface area contributed by atoms with Crippen molar-refractivity contribution >= 4 is 34.2 Å². The van der Waals surface area contributed by atoms with Crippen LogP contribution in [0.3, 0.4) is 0 Å². The van der Waals surface area contributed by atoms with Crippen molar-refractivity contribution < 1.29 is 9.90 Å². The van der Waals surface area contributed by atoms with Gasteiger partial charge in [-0.3, -0.25) is 9.69 Å². The minimum absolute atomic E-state index is 0.135. The average Bonchev–Trinajstić information content (AvgIpc) is 2.70. The SMILES string of the molecule is C/C=C/CN1CCN(c2c(Cl)cc3c(=O)c(C(=O)O)cn4c3c2CCC4C)CC1. The van der Waals surface area contributed by atoms with Gasteiger partial charge >= 0.3 is 5.97 Å². The summed E-state index contributed by atoms with van der Waals surface area (Å²) in [5.41, 5.74) is 2.27. The Hall–Kier alpha value is -2.31. The van der Waals surface area contributed by atoms with E-state index in [9.17, 15) is 14.7 Å². The number of carboxylic acid groups (broad SMARTS) is 1. The van der Waals surface area contributed by atoms with E-state index in [4.69, 9.17) is 11.6 Å². The van der Waals surface area contributed by atoms with E-state index in [0.717, 1.165) is 62.3 Å². The molecule has 1 aromatic heterocycles. The summed E-state index contributed by atoms with van der Waals surface area (Å²) >= 11 is 6.70. The van der Waals surface area contributed by atoms with Crippen molar-refractivity contribution in [2.45, 2.75) is 32.7 Å². The van der Waals surface area contributed by atoms with E-state index in [1.165, 1.54) is 6.20 Å². The van der Waals surface area contributed by atoms with E-state index in [1.54, 1.807) is 6.07 Å². The number of benzene rings is 1. The number of nitrogens with zero attached hydrogens (tertiary/aromatic N) is 3. The average molecular weight is 416 g/mol. The Morgan fingerprint density at radius 1 is 1.31 bits per heavy atom. The Balaban J connectivity index is 1.82. The number of anilines is 1. The van der Waals surface area contributed by atoms with Crippen molar-refractivity contribution in [3.05, 3.63) is 50.8 Å². The van der Waals surface area contributed by atoms with Crippen molar-refractivity contribution in [3.63, 3.8) is 0 Å². The summed E-state index contributed by atoms with van der Waals surface area (Å²) in [5, 5.41) is 10.4. The van der Waals surface area contributed by atoms with E-state index in [-0.39, 0.29) is 11.6 Å². The molecule has 6 nitrogen and oxygen atoms in total. The summed E-state index contributed by atoms with van der Waals surface area (Å²) in [6.07, 6.45) is 7.47. The van der Waals surface area contributed by atoms with Crippen LogP contribution < -0.4 is 10.3 Å². The van der Waals surface area contributed by atoms with Gasteiger partial charge < -0.3 is 14.6 Å². The molecule has 7 heteroatoms. The van der Waals surface area contributed by atoms with Gasteiger partial charge in [0.25, 0.3) is 0 Å². The summed E-state index contributed by atoms with van der Waals surface area (Å²) < 4.78 is 1.96. The monoisotopic (exact) mass is 415 g/mol. The summed E-state index contributed by atoms with van der Waals surface area (Å²) in [6, 6.07) is 1.81. The number of aromatic carboxylic acids is 1. The van der Waals surface area contributed by atoms with Gasteiger partial charge in [0.1, 0.15) is 5.56 Å². The zero-order valence-electron chi connectivity index (χ0n) is 16.8. The lowest BCUT2D eigenvalue weighted by molar-refractivity contribution is 0.0694. The number of allylic oxidation sites excluding steroid dienone is 1. The number of piperazine rings is 1. The lowest BCUT2D eigenvalue weighted by atomic mass is 9.93. The zero-order chi connectivity index (χ0) is 20.7. The molecule has 1 fully saturated rings. The molecule has 1 N–H and O–H groups in total. The molecule has 1 saturated heterocycles. The fourth-order valence-electron chi connectivity index (χ4n) is 4.54. The molecule has 3 heterocycles. The maximum Gasteiger partial charge on any atom is 0.341 e. The number of hydrogen-bond acceptors (Lipinski definition) is 4. The molecule has 0 spiro atoms. The fraction of sp³-hybridized carbons (Fsp3) is 0.455. The van der Waals surface area contributed by atoms with Crippen LogP contribution in [0, 0.1) is 0 Å². The Kier molecular flexibility index (Phi) is 5.40. The van der Waals surface area contributed by atoms with Gasteiger partial charge in [-0.25, -0.2) is 4.79 Å². The number of pyridine rings is 1. The van der Waals surface area contributed by atoms with Gasteiger partial charge in [0.05, 0.1) is 16.2 Å². The fourth-order valence-corrected chi connectivity index (χ4v) is 4.88. The smallest absolute Gasteiger partial charge is 0.341 e. The van der Waals surface area contributed by atoms with Gasteiger partial charge in [-0.15, -0.1) is 0 Å². The van der Waals surface area contributed by atoms with Gasteiger partial charge in [0.15, 0.2) is 0 Å². The predicted molar refractivity (Wildman–Crippen MR) is 117 cm³/mol. The van der Waals surface area contributed by atoms with Crippen LogP contribution >= 0.6 is 11.6 Å². The molecular formula is C22H26ClN3O3. The van der Waals surface area contributed by atoms with Crippen molar-refractivity contribution in [3.8, 4) is 0 Å². The van der Waals surface area contributed by atoms with Crippen LogP contribution in [0.15, 0.2) is 29.2 Å². The highest BCUT2D eigenvalue weighted by Crippen LogP contribution is 2.41. The first-order valence-corrected chi connectivity index (χ1v) is 10.5. The predicted octanol–water partition coefficient (Wildman–Crippen LogP) is 3.56. The first-order valence-electron chi connectivity index (χ1n) is 10.1. The molecular weight excluding hydrogens is 390 g/mol. The van der Waals surface area contributed by atoms with Crippen molar-refractivity contribution in [1.29, 1.82) is 0 Å². The number of rotatable bonds is 4. The maximum atomic E-state index is 12.8. The van der Waals surface area contributed by atoms with Crippen LogP contribution in [0.25, 0.3) is 10.9 Å². The highest BCUT2D eigenvalue weighted by molar-refractivity contribution is 6.34. The number of halogens is 1. The number of hydrogen-bond donors (Lipinski definition) is 1. The zero-order valence-corrected chi connectivity index (χ0v) is 17.6. The third kappa shape index (κ3) is 3.45. The molecule has 2 aromatic rings. The summed E-state index contributed by atoms with van der Waals surface area (Å²) in [6.45, 7) is 8.72. The van der Waals surface area contributed by atoms with Crippen molar-refractivity contribution in [2.75, 3.05) is 37.6 Å². The Labute approximate surface area is 175 Å². The molecule has 154 valence electrons. The largest absolute Gasteiger partial charge is 0.477 e. The van der Waals surface area contributed by atoms with Gasteiger partial charge in [-0.2, -0.15) is 0 Å². The first-order chi connectivity index (χ1) is 13.9. The molecule has 0 saturated carbocycles. The number of aryl methyl sites for hydroxylation is 1. The summed E-state index contributed by atoms with van der Waals surface area (Å²) in [5.74, 6) is -1.20. The Morgan fingerprint density at radius 2 is 2.03 bits per heavy atom. The highest BCUT2D eigenvalue weighted by Gasteiger charge is 2.29. The topological polar surface area (TPSA) is 65.8 Å². The van der Waals surface area contributed by atoms with Crippen LogP contribution in [0.1, 0.15) is 42.2 Å². The molecule has 0 bridgehead atoms. The van der Waals surface area contributed by atoms with E-state index in [0.29, 0.717) is 10.4 Å². The second-order valence-corrected chi connectivity index (χ2v) is 8.32. The molecule has 2 aliphatic heterocycles. The summed E-state index contributed by atoms with van der Waals surface area (Å²) in [7, 11) is 0. The molecule has 1 atom stereocenters. The van der Waals surface area contributed by atoms with Gasteiger partial charge in [0, 0.05) is 55.9 Å². The molecule has 29 heavy (non-hydrogen) atoms. The first kappa shape index (κ1) is 20.0. The normalized spacial score (nSPS) is 20.0. The van der Waals surface area contributed by atoms with E-state index in [2.05, 4.69) is 28.9 Å². The van der Waals surface area contributed by atoms with Crippen LogP contribution in [0.2, 0.25) is 5.02 Å². The quantitative estimate of drug-likeness (QED) is 0.773. The molecule has 1 aromatic carbocycles. The summed E-state index contributed by atoms with van der Waals surface area (Å²) in [4.78, 5) is 29.1. The van der Waals surface area contributed by atoms with Crippen molar-refractivity contribution in [1.82, 2.24) is 9.47 Å². The minimum atomic E-state index is -1.20. The molecule has 0 amide bonds. The second kappa shape index (κ2) is 7.84. The molecule has 4 rings (SSSR count). The molecule has 0 radical (unpaired) electrons. The second-order valence-electron chi connectivity index (χ2n) is 7.91. The number of carboxylic acids is 1. The van der Waals surface area contributed by atoms with Crippen LogP contribution in [0.4, 0.5) is 5.69 Å². The lowest BCUT2D eigenvalue weighted by Crippen LogP contribution is -2.47.